The maximum absolute atomic E-state index is 5.88. The summed E-state index contributed by atoms with van der Waals surface area (Å²) in [5.74, 6) is 2.30. The third-order valence-corrected chi connectivity index (χ3v) is 3.36. The monoisotopic (exact) mass is 278 g/mol. The van der Waals surface area contributed by atoms with Crippen LogP contribution in [0.4, 0.5) is 5.82 Å². The number of hydrogen-bond acceptors (Lipinski definition) is 4. The van der Waals surface area contributed by atoms with E-state index < -0.39 is 0 Å². The molecule has 1 rings (SSSR count). The zero-order valence-electron chi connectivity index (χ0n) is 13.9. The quantitative estimate of drug-likeness (QED) is 0.832. The number of hydrogen-bond donors (Lipinski definition) is 1. The molecular weight excluding hydrogens is 248 g/mol. The molecule has 1 aromatic rings. The van der Waals surface area contributed by atoms with Gasteiger partial charge in [0.2, 0.25) is 0 Å². The number of aromatic nitrogens is 2. The Kier molecular flexibility index (Phi) is 5.93. The molecule has 0 saturated heterocycles. The van der Waals surface area contributed by atoms with E-state index in [-0.39, 0.29) is 5.41 Å². The van der Waals surface area contributed by atoms with Gasteiger partial charge in [0.1, 0.15) is 11.6 Å². The summed E-state index contributed by atoms with van der Waals surface area (Å²) < 4.78 is 0. The fourth-order valence-corrected chi connectivity index (χ4v) is 2.12. The molecule has 2 N–H and O–H groups in total. The fraction of sp³-hybridized carbons (Fsp3) is 0.750. The molecule has 0 aromatic carbocycles. The summed E-state index contributed by atoms with van der Waals surface area (Å²) in [5.41, 5.74) is 7.00. The van der Waals surface area contributed by atoms with E-state index in [1.54, 1.807) is 0 Å². The van der Waals surface area contributed by atoms with Crippen LogP contribution in [0.5, 0.6) is 0 Å². The van der Waals surface area contributed by atoms with E-state index in [1.807, 2.05) is 6.92 Å². The van der Waals surface area contributed by atoms with Gasteiger partial charge < -0.3 is 10.6 Å². The van der Waals surface area contributed by atoms with Crippen molar-refractivity contribution in [1.82, 2.24) is 9.97 Å². The number of anilines is 1. The second-order valence-electron chi connectivity index (χ2n) is 6.67. The smallest absolute Gasteiger partial charge is 0.133 e. The SMILES string of the molecule is CCCN(CC(C)(C)CN)c1cc(C)nc(C(C)C)n1. The molecule has 0 bridgehead atoms. The summed E-state index contributed by atoms with van der Waals surface area (Å²) in [7, 11) is 0. The number of nitrogens with two attached hydrogens (primary N) is 1. The molecule has 0 fully saturated rings. The third kappa shape index (κ3) is 4.75. The van der Waals surface area contributed by atoms with E-state index in [9.17, 15) is 0 Å². The topological polar surface area (TPSA) is 55.0 Å². The summed E-state index contributed by atoms with van der Waals surface area (Å²) in [5, 5.41) is 0. The van der Waals surface area contributed by atoms with Crippen molar-refractivity contribution in [1.29, 1.82) is 0 Å². The van der Waals surface area contributed by atoms with Crippen molar-refractivity contribution in [3.8, 4) is 0 Å². The lowest BCUT2D eigenvalue weighted by molar-refractivity contribution is 0.376. The van der Waals surface area contributed by atoms with Crippen LogP contribution < -0.4 is 10.6 Å². The Hall–Kier alpha value is -1.16. The second-order valence-corrected chi connectivity index (χ2v) is 6.67. The number of rotatable bonds is 7. The Bertz CT molecular complexity index is 426. The van der Waals surface area contributed by atoms with Gasteiger partial charge in [0, 0.05) is 30.8 Å². The van der Waals surface area contributed by atoms with Crippen LogP contribution in [-0.2, 0) is 0 Å². The zero-order chi connectivity index (χ0) is 15.3. The molecule has 0 saturated carbocycles. The molecule has 0 aliphatic heterocycles. The second kappa shape index (κ2) is 7.02. The molecule has 4 heteroatoms. The molecule has 20 heavy (non-hydrogen) atoms. The molecule has 1 aromatic heterocycles. The van der Waals surface area contributed by atoms with Gasteiger partial charge in [-0.05, 0) is 25.3 Å². The Labute approximate surface area is 123 Å². The highest BCUT2D eigenvalue weighted by Crippen LogP contribution is 2.22. The largest absolute Gasteiger partial charge is 0.356 e. The highest BCUT2D eigenvalue weighted by Gasteiger charge is 2.21. The molecule has 0 spiro atoms. The van der Waals surface area contributed by atoms with Crippen LogP contribution in [0.15, 0.2) is 6.07 Å². The first-order valence-electron chi connectivity index (χ1n) is 7.59. The molecule has 0 atom stereocenters. The first-order chi connectivity index (χ1) is 9.29. The minimum atomic E-state index is 0.0893. The average Bonchev–Trinajstić information content (AvgIpc) is 2.37. The fourth-order valence-electron chi connectivity index (χ4n) is 2.12. The Morgan fingerprint density at radius 2 is 1.95 bits per heavy atom. The van der Waals surface area contributed by atoms with E-state index in [2.05, 4.69) is 50.6 Å². The van der Waals surface area contributed by atoms with Crippen LogP contribution >= 0.6 is 0 Å². The molecule has 0 unspecified atom stereocenters. The number of nitrogens with zero attached hydrogens (tertiary/aromatic N) is 3. The van der Waals surface area contributed by atoms with Crippen molar-refractivity contribution in [3.63, 3.8) is 0 Å². The van der Waals surface area contributed by atoms with Crippen molar-refractivity contribution in [2.75, 3.05) is 24.5 Å². The van der Waals surface area contributed by atoms with E-state index in [0.29, 0.717) is 12.5 Å². The van der Waals surface area contributed by atoms with Gasteiger partial charge in [0.05, 0.1) is 0 Å². The predicted octanol–water partition coefficient (Wildman–Crippen LogP) is 3.11. The van der Waals surface area contributed by atoms with Crippen molar-refractivity contribution in [2.24, 2.45) is 11.1 Å². The summed E-state index contributed by atoms with van der Waals surface area (Å²) in [6.07, 6.45) is 1.10. The van der Waals surface area contributed by atoms with Crippen molar-refractivity contribution < 1.29 is 0 Å². The Morgan fingerprint density at radius 1 is 1.30 bits per heavy atom. The standard InChI is InChI=1S/C16H30N4/c1-7-8-20(11-16(5,6)10-17)14-9-13(4)18-15(19-14)12(2)3/h9,12H,7-8,10-11,17H2,1-6H3. The number of aryl methyl sites for hydroxylation is 1. The molecule has 114 valence electrons. The first-order valence-corrected chi connectivity index (χ1v) is 7.59. The minimum Gasteiger partial charge on any atom is -0.356 e. The van der Waals surface area contributed by atoms with Gasteiger partial charge in [-0.25, -0.2) is 9.97 Å². The van der Waals surface area contributed by atoms with E-state index in [4.69, 9.17) is 10.7 Å². The minimum absolute atomic E-state index is 0.0893. The molecule has 0 aliphatic carbocycles. The van der Waals surface area contributed by atoms with Gasteiger partial charge in [-0.2, -0.15) is 0 Å². The van der Waals surface area contributed by atoms with Crippen molar-refractivity contribution in [3.05, 3.63) is 17.6 Å². The molecular formula is C16H30N4. The van der Waals surface area contributed by atoms with Gasteiger partial charge >= 0.3 is 0 Å². The van der Waals surface area contributed by atoms with Crippen LogP contribution in [-0.4, -0.2) is 29.6 Å². The highest BCUT2D eigenvalue weighted by atomic mass is 15.2. The van der Waals surface area contributed by atoms with Crippen LogP contribution in [0.1, 0.15) is 58.5 Å². The van der Waals surface area contributed by atoms with Crippen molar-refractivity contribution >= 4 is 5.82 Å². The lowest BCUT2D eigenvalue weighted by atomic mass is 9.93. The molecule has 0 radical (unpaired) electrons. The van der Waals surface area contributed by atoms with Crippen LogP contribution in [0.2, 0.25) is 0 Å². The molecule has 1 heterocycles. The maximum atomic E-state index is 5.88. The van der Waals surface area contributed by atoms with Gasteiger partial charge in [-0.1, -0.05) is 34.6 Å². The summed E-state index contributed by atoms with van der Waals surface area (Å²) in [6.45, 7) is 15.5. The average molecular weight is 278 g/mol. The van der Waals surface area contributed by atoms with Gasteiger partial charge in [-0.15, -0.1) is 0 Å². The zero-order valence-corrected chi connectivity index (χ0v) is 13.9. The van der Waals surface area contributed by atoms with Gasteiger partial charge in [-0.3, -0.25) is 0 Å². The molecule has 4 nitrogen and oxygen atoms in total. The Morgan fingerprint density at radius 3 is 2.45 bits per heavy atom. The maximum Gasteiger partial charge on any atom is 0.133 e. The van der Waals surface area contributed by atoms with Gasteiger partial charge in [0.25, 0.3) is 0 Å². The van der Waals surface area contributed by atoms with Crippen molar-refractivity contribution in [2.45, 2.75) is 53.9 Å². The van der Waals surface area contributed by atoms with Gasteiger partial charge in [0.15, 0.2) is 0 Å². The first kappa shape index (κ1) is 16.9. The van der Waals surface area contributed by atoms with E-state index in [1.165, 1.54) is 0 Å². The summed E-state index contributed by atoms with van der Waals surface area (Å²) >= 11 is 0. The highest BCUT2D eigenvalue weighted by molar-refractivity contribution is 5.40. The van der Waals surface area contributed by atoms with Crippen LogP contribution in [0.25, 0.3) is 0 Å². The normalized spacial score (nSPS) is 12.0. The molecule has 0 amide bonds. The van der Waals surface area contributed by atoms with E-state index in [0.717, 1.165) is 36.8 Å². The van der Waals surface area contributed by atoms with Crippen LogP contribution in [0.3, 0.4) is 0 Å². The summed E-state index contributed by atoms with van der Waals surface area (Å²) in [4.78, 5) is 11.6. The predicted molar refractivity (Wildman–Crippen MR) is 86.2 cm³/mol. The van der Waals surface area contributed by atoms with Crippen LogP contribution in [0, 0.1) is 12.3 Å². The third-order valence-electron chi connectivity index (χ3n) is 3.36. The summed E-state index contributed by atoms with van der Waals surface area (Å²) in [6, 6.07) is 2.08. The Balaban J connectivity index is 3.08. The lowest BCUT2D eigenvalue weighted by Gasteiger charge is -2.33. The van der Waals surface area contributed by atoms with E-state index >= 15 is 0 Å². The lowest BCUT2D eigenvalue weighted by Crippen LogP contribution is -2.39. The molecule has 0 aliphatic rings.